The molecule has 0 atom stereocenters. The quantitative estimate of drug-likeness (QED) is 0.723. The van der Waals surface area contributed by atoms with Gasteiger partial charge >= 0.3 is 0 Å². The summed E-state index contributed by atoms with van der Waals surface area (Å²) in [6.45, 7) is 4.17. The van der Waals surface area contributed by atoms with Crippen LogP contribution in [0, 0.1) is 6.92 Å². The number of hydrogen-bond donors (Lipinski definition) is 1. The molecule has 0 aliphatic carbocycles. The fraction of sp³-hybridized carbons (Fsp3) is 0.231. The molecule has 0 aromatic heterocycles. The van der Waals surface area contributed by atoms with Crippen LogP contribution in [-0.4, -0.2) is 11.7 Å². The second kappa shape index (κ2) is 5.40. The largest absolute Gasteiger partial charge is 0.392 e. The predicted molar refractivity (Wildman–Crippen MR) is 61.1 cm³/mol. The van der Waals surface area contributed by atoms with Crippen molar-refractivity contribution in [3.8, 4) is 0 Å². The molecule has 1 rings (SSSR count). The predicted octanol–water partition coefficient (Wildman–Crippen LogP) is 2.95. The van der Waals surface area contributed by atoms with E-state index in [2.05, 4.69) is 25.1 Å². The van der Waals surface area contributed by atoms with Crippen LogP contribution in [0.25, 0.3) is 6.08 Å². The van der Waals surface area contributed by atoms with Gasteiger partial charge in [-0.1, -0.05) is 48.1 Å². The Morgan fingerprint density at radius 3 is 2.71 bits per heavy atom. The Kier molecular flexibility index (Phi) is 4.14. The molecule has 0 aliphatic heterocycles. The van der Waals surface area contributed by atoms with Crippen molar-refractivity contribution >= 4 is 6.08 Å². The zero-order chi connectivity index (χ0) is 10.4. The first-order chi connectivity index (χ1) is 6.74. The Morgan fingerprint density at radius 1 is 1.36 bits per heavy atom. The third-order valence-corrected chi connectivity index (χ3v) is 2.13. The van der Waals surface area contributed by atoms with Gasteiger partial charge in [0.05, 0.1) is 6.61 Å². The summed E-state index contributed by atoms with van der Waals surface area (Å²) in [5.74, 6) is 0. The van der Waals surface area contributed by atoms with E-state index >= 15 is 0 Å². The maximum absolute atomic E-state index is 8.68. The van der Waals surface area contributed by atoms with E-state index in [-0.39, 0.29) is 6.61 Å². The number of aryl methyl sites for hydroxylation is 1. The van der Waals surface area contributed by atoms with Gasteiger partial charge in [0.1, 0.15) is 0 Å². The van der Waals surface area contributed by atoms with Crippen molar-refractivity contribution in [3.63, 3.8) is 0 Å². The van der Waals surface area contributed by atoms with Gasteiger partial charge in [0.2, 0.25) is 0 Å². The van der Waals surface area contributed by atoms with Crippen molar-refractivity contribution in [2.75, 3.05) is 6.61 Å². The van der Waals surface area contributed by atoms with Crippen molar-refractivity contribution in [2.24, 2.45) is 0 Å². The monoisotopic (exact) mass is 188 g/mol. The molecule has 0 saturated carbocycles. The molecule has 0 saturated heterocycles. The van der Waals surface area contributed by atoms with Crippen LogP contribution in [0.2, 0.25) is 0 Å². The first-order valence-electron chi connectivity index (χ1n) is 4.75. The van der Waals surface area contributed by atoms with Gasteiger partial charge in [0, 0.05) is 0 Å². The zero-order valence-corrected chi connectivity index (χ0v) is 8.70. The van der Waals surface area contributed by atoms with Crippen molar-refractivity contribution in [3.05, 3.63) is 53.1 Å². The van der Waals surface area contributed by atoms with Crippen molar-refractivity contribution in [2.45, 2.75) is 13.8 Å². The van der Waals surface area contributed by atoms with E-state index in [1.165, 1.54) is 11.1 Å². The van der Waals surface area contributed by atoms with Crippen LogP contribution in [0.15, 0.2) is 42.0 Å². The van der Waals surface area contributed by atoms with Gasteiger partial charge in [-0.3, -0.25) is 0 Å². The van der Waals surface area contributed by atoms with Gasteiger partial charge in [-0.15, -0.1) is 0 Å². The Labute approximate surface area is 85.4 Å². The van der Waals surface area contributed by atoms with Gasteiger partial charge in [0.15, 0.2) is 0 Å². The minimum Gasteiger partial charge on any atom is -0.392 e. The molecule has 0 heterocycles. The molecule has 1 heteroatoms. The Balaban J connectivity index is 2.79. The van der Waals surface area contributed by atoms with Crippen molar-refractivity contribution < 1.29 is 5.11 Å². The molecule has 0 amide bonds. The maximum Gasteiger partial charge on any atom is 0.0617 e. The zero-order valence-electron chi connectivity index (χ0n) is 8.70. The normalized spacial score (nSPS) is 12.4. The van der Waals surface area contributed by atoms with Crippen molar-refractivity contribution in [1.29, 1.82) is 0 Å². The summed E-state index contributed by atoms with van der Waals surface area (Å²) in [5.41, 5.74) is 3.56. The average Bonchev–Trinajstić information content (AvgIpc) is 2.17. The third-order valence-electron chi connectivity index (χ3n) is 2.13. The standard InChI is InChI=1S/C13H16O/c1-11(9-10-14)7-8-13-6-4-3-5-12(13)2/h3-9,14H,10H2,1-2H3/b8-7+,11-9-. The summed E-state index contributed by atoms with van der Waals surface area (Å²) < 4.78 is 0. The summed E-state index contributed by atoms with van der Waals surface area (Å²) in [6, 6.07) is 8.23. The lowest BCUT2D eigenvalue weighted by molar-refractivity contribution is 0.342. The van der Waals surface area contributed by atoms with Gasteiger partial charge in [0.25, 0.3) is 0 Å². The second-order valence-corrected chi connectivity index (χ2v) is 3.32. The molecule has 0 spiro atoms. The van der Waals surface area contributed by atoms with E-state index in [0.29, 0.717) is 0 Å². The highest BCUT2D eigenvalue weighted by atomic mass is 16.2. The van der Waals surface area contributed by atoms with E-state index < -0.39 is 0 Å². The fourth-order valence-corrected chi connectivity index (χ4v) is 1.21. The van der Waals surface area contributed by atoms with Gasteiger partial charge < -0.3 is 5.11 Å². The minimum absolute atomic E-state index is 0.101. The van der Waals surface area contributed by atoms with E-state index in [1.807, 2.05) is 25.1 Å². The Morgan fingerprint density at radius 2 is 2.07 bits per heavy atom. The van der Waals surface area contributed by atoms with Crippen LogP contribution in [0.4, 0.5) is 0 Å². The molecule has 0 fully saturated rings. The number of rotatable bonds is 3. The van der Waals surface area contributed by atoms with Crippen LogP contribution < -0.4 is 0 Å². The van der Waals surface area contributed by atoms with Gasteiger partial charge in [-0.2, -0.15) is 0 Å². The van der Waals surface area contributed by atoms with Gasteiger partial charge in [-0.05, 0) is 25.0 Å². The van der Waals surface area contributed by atoms with E-state index in [0.717, 1.165) is 5.57 Å². The molecule has 1 nitrogen and oxygen atoms in total. The molecule has 0 bridgehead atoms. The smallest absolute Gasteiger partial charge is 0.0617 e. The highest BCUT2D eigenvalue weighted by Gasteiger charge is 1.90. The maximum atomic E-state index is 8.68. The molecule has 0 aliphatic rings. The molecule has 14 heavy (non-hydrogen) atoms. The molecule has 0 unspecified atom stereocenters. The highest BCUT2D eigenvalue weighted by Crippen LogP contribution is 2.10. The van der Waals surface area contributed by atoms with Gasteiger partial charge in [-0.25, -0.2) is 0 Å². The second-order valence-electron chi connectivity index (χ2n) is 3.32. The Hall–Kier alpha value is -1.34. The summed E-state index contributed by atoms with van der Waals surface area (Å²) >= 11 is 0. The molecule has 1 aromatic rings. The van der Waals surface area contributed by atoms with Crippen LogP contribution in [0.1, 0.15) is 18.1 Å². The SMILES string of the molecule is CC(=C/CO)/C=C/c1ccccc1C. The number of aliphatic hydroxyl groups excluding tert-OH is 1. The topological polar surface area (TPSA) is 20.2 Å². The van der Waals surface area contributed by atoms with Crippen LogP contribution >= 0.6 is 0 Å². The molecule has 1 N–H and O–H groups in total. The summed E-state index contributed by atoms with van der Waals surface area (Å²) in [5, 5.41) is 8.68. The van der Waals surface area contributed by atoms with E-state index in [9.17, 15) is 0 Å². The van der Waals surface area contributed by atoms with E-state index in [4.69, 9.17) is 5.11 Å². The van der Waals surface area contributed by atoms with Crippen LogP contribution in [-0.2, 0) is 0 Å². The van der Waals surface area contributed by atoms with Crippen LogP contribution in [0.5, 0.6) is 0 Å². The molecular formula is C13H16O. The van der Waals surface area contributed by atoms with Crippen LogP contribution in [0.3, 0.4) is 0 Å². The molecular weight excluding hydrogens is 172 g/mol. The lowest BCUT2D eigenvalue weighted by Crippen LogP contribution is -1.79. The fourth-order valence-electron chi connectivity index (χ4n) is 1.21. The third kappa shape index (κ3) is 3.19. The van der Waals surface area contributed by atoms with E-state index in [1.54, 1.807) is 6.08 Å². The summed E-state index contributed by atoms with van der Waals surface area (Å²) in [7, 11) is 0. The molecule has 74 valence electrons. The number of benzene rings is 1. The van der Waals surface area contributed by atoms with Crippen molar-refractivity contribution in [1.82, 2.24) is 0 Å². The number of hydrogen-bond acceptors (Lipinski definition) is 1. The summed E-state index contributed by atoms with van der Waals surface area (Å²) in [4.78, 5) is 0. The number of allylic oxidation sites excluding steroid dienone is 2. The highest BCUT2D eigenvalue weighted by molar-refractivity contribution is 5.55. The number of aliphatic hydroxyl groups is 1. The lowest BCUT2D eigenvalue weighted by atomic mass is 10.1. The minimum atomic E-state index is 0.101. The molecule has 0 radical (unpaired) electrons. The first-order valence-corrected chi connectivity index (χ1v) is 4.75. The first kappa shape index (κ1) is 10.7. The summed E-state index contributed by atoms with van der Waals surface area (Å²) in [6.07, 6.45) is 5.87. The Bertz CT molecular complexity index is 348. The lowest BCUT2D eigenvalue weighted by Gasteiger charge is -1.98. The average molecular weight is 188 g/mol. The molecule has 1 aromatic carbocycles.